The van der Waals surface area contributed by atoms with E-state index >= 15 is 0 Å². The number of carbonyl (C=O) groups is 2. The number of thiophene rings is 1. The minimum Gasteiger partial charge on any atom is -0.354 e. The van der Waals surface area contributed by atoms with Gasteiger partial charge in [0.05, 0.1) is 4.88 Å². The Hall–Kier alpha value is -3.19. The van der Waals surface area contributed by atoms with E-state index in [-0.39, 0.29) is 23.7 Å². The second kappa shape index (κ2) is 7.81. The van der Waals surface area contributed by atoms with Crippen molar-refractivity contribution in [2.75, 3.05) is 13.6 Å². The Morgan fingerprint density at radius 2 is 2.06 bits per heavy atom. The maximum absolute atomic E-state index is 13.5. The average molecular weight is 436 g/mol. The number of nitrogens with one attached hydrogen (secondary N) is 2. The molecule has 1 aliphatic heterocycles. The predicted octanol–water partition coefficient (Wildman–Crippen LogP) is 4.73. The first kappa shape index (κ1) is 19.8. The zero-order chi connectivity index (χ0) is 21.5. The molecule has 0 spiro atoms. The van der Waals surface area contributed by atoms with Gasteiger partial charge >= 0.3 is 0 Å². The van der Waals surface area contributed by atoms with Crippen molar-refractivity contribution in [2.24, 2.45) is 0 Å². The monoisotopic (exact) mass is 435 g/mol. The SMILES string of the molecule is CNC(=O)c1sc2ccccc2c1C[C@@H]1CCCN1C(=O)c1cc2cc(F)ccc2[nH]1. The van der Waals surface area contributed by atoms with Crippen LogP contribution in [0.1, 0.15) is 38.6 Å². The van der Waals surface area contributed by atoms with Crippen LogP contribution in [0.5, 0.6) is 0 Å². The third-order valence-electron chi connectivity index (χ3n) is 6.02. The molecule has 31 heavy (non-hydrogen) atoms. The van der Waals surface area contributed by atoms with Crippen molar-refractivity contribution in [3.63, 3.8) is 0 Å². The molecule has 0 bridgehead atoms. The fraction of sp³-hybridized carbons (Fsp3) is 0.250. The van der Waals surface area contributed by atoms with Gasteiger partial charge in [-0.25, -0.2) is 4.39 Å². The zero-order valence-corrected chi connectivity index (χ0v) is 17.9. The fourth-order valence-electron chi connectivity index (χ4n) is 4.52. The van der Waals surface area contributed by atoms with Crippen LogP contribution in [0, 0.1) is 5.82 Å². The number of hydrogen-bond donors (Lipinski definition) is 2. The molecule has 158 valence electrons. The minimum atomic E-state index is -0.324. The Morgan fingerprint density at radius 3 is 2.90 bits per heavy atom. The number of hydrogen-bond acceptors (Lipinski definition) is 3. The molecule has 5 rings (SSSR count). The zero-order valence-electron chi connectivity index (χ0n) is 17.1. The Bertz CT molecular complexity index is 1310. The molecule has 0 unspecified atom stereocenters. The number of aromatic amines is 1. The summed E-state index contributed by atoms with van der Waals surface area (Å²) < 4.78 is 14.6. The lowest BCUT2D eigenvalue weighted by Gasteiger charge is -2.24. The molecular weight excluding hydrogens is 413 g/mol. The van der Waals surface area contributed by atoms with E-state index in [4.69, 9.17) is 0 Å². The number of nitrogens with zero attached hydrogens (tertiary/aromatic N) is 1. The number of carbonyl (C=O) groups excluding carboxylic acids is 2. The number of H-pyrrole nitrogens is 1. The highest BCUT2D eigenvalue weighted by atomic mass is 32.1. The molecule has 1 atom stereocenters. The highest BCUT2D eigenvalue weighted by molar-refractivity contribution is 7.21. The number of likely N-dealkylation sites (tertiary alicyclic amines) is 1. The molecule has 2 amide bonds. The third-order valence-corrected chi connectivity index (χ3v) is 7.23. The summed E-state index contributed by atoms with van der Waals surface area (Å²) in [4.78, 5) is 31.6. The Balaban J connectivity index is 1.47. The van der Waals surface area contributed by atoms with Gasteiger partial charge in [-0.2, -0.15) is 0 Å². The lowest BCUT2D eigenvalue weighted by Crippen LogP contribution is -2.37. The number of rotatable bonds is 4. The minimum absolute atomic E-state index is 0.0112. The van der Waals surface area contributed by atoms with Crippen molar-refractivity contribution in [3.05, 3.63) is 70.5 Å². The van der Waals surface area contributed by atoms with E-state index < -0.39 is 0 Å². The lowest BCUT2D eigenvalue weighted by molar-refractivity contribution is 0.0731. The average Bonchev–Trinajstić information content (AvgIpc) is 3.50. The highest BCUT2D eigenvalue weighted by Crippen LogP contribution is 2.35. The van der Waals surface area contributed by atoms with Crippen LogP contribution in [0.15, 0.2) is 48.5 Å². The summed E-state index contributed by atoms with van der Waals surface area (Å²) >= 11 is 1.49. The van der Waals surface area contributed by atoms with Gasteiger partial charge in [-0.15, -0.1) is 11.3 Å². The molecule has 2 aromatic carbocycles. The van der Waals surface area contributed by atoms with Crippen LogP contribution in [-0.4, -0.2) is 41.3 Å². The van der Waals surface area contributed by atoms with Crippen LogP contribution in [0.25, 0.3) is 21.0 Å². The van der Waals surface area contributed by atoms with Gasteiger partial charge in [-0.05, 0) is 60.5 Å². The first-order valence-corrected chi connectivity index (χ1v) is 11.2. The van der Waals surface area contributed by atoms with Crippen molar-refractivity contribution in [2.45, 2.75) is 25.3 Å². The quantitative estimate of drug-likeness (QED) is 0.487. The summed E-state index contributed by atoms with van der Waals surface area (Å²) in [5, 5.41) is 4.50. The van der Waals surface area contributed by atoms with Gasteiger partial charge in [-0.3, -0.25) is 9.59 Å². The van der Waals surface area contributed by atoms with Gasteiger partial charge in [0.25, 0.3) is 11.8 Å². The smallest absolute Gasteiger partial charge is 0.270 e. The largest absolute Gasteiger partial charge is 0.354 e. The normalized spacial score (nSPS) is 16.3. The van der Waals surface area contributed by atoms with Crippen LogP contribution in [0.4, 0.5) is 4.39 Å². The molecule has 0 aliphatic carbocycles. The molecule has 1 fully saturated rings. The maximum Gasteiger partial charge on any atom is 0.270 e. The summed E-state index contributed by atoms with van der Waals surface area (Å²) in [6, 6.07) is 14.2. The molecule has 2 N–H and O–H groups in total. The Labute approximate surface area is 182 Å². The molecule has 3 heterocycles. The lowest BCUT2D eigenvalue weighted by atomic mass is 10.00. The second-order valence-electron chi connectivity index (χ2n) is 7.90. The summed E-state index contributed by atoms with van der Waals surface area (Å²) in [5.41, 5.74) is 2.21. The van der Waals surface area contributed by atoms with Gasteiger partial charge in [0.2, 0.25) is 0 Å². The number of benzene rings is 2. The molecule has 0 radical (unpaired) electrons. The van der Waals surface area contributed by atoms with E-state index in [1.807, 2.05) is 29.2 Å². The van der Waals surface area contributed by atoms with Crippen LogP contribution >= 0.6 is 11.3 Å². The van der Waals surface area contributed by atoms with E-state index in [0.29, 0.717) is 28.9 Å². The summed E-state index contributed by atoms with van der Waals surface area (Å²) in [7, 11) is 1.64. The van der Waals surface area contributed by atoms with Crippen LogP contribution in [0.3, 0.4) is 0 Å². The van der Waals surface area contributed by atoms with Gasteiger partial charge in [0.15, 0.2) is 0 Å². The summed E-state index contributed by atoms with van der Waals surface area (Å²) in [5.74, 6) is -0.500. The van der Waals surface area contributed by atoms with Gasteiger partial charge in [0.1, 0.15) is 11.5 Å². The fourth-order valence-corrected chi connectivity index (χ4v) is 5.70. The number of fused-ring (bicyclic) bond motifs is 2. The molecule has 5 nitrogen and oxygen atoms in total. The molecule has 1 saturated heterocycles. The van der Waals surface area contributed by atoms with E-state index in [1.54, 1.807) is 19.2 Å². The van der Waals surface area contributed by atoms with Crippen molar-refractivity contribution < 1.29 is 14.0 Å². The first-order valence-electron chi connectivity index (χ1n) is 10.4. The van der Waals surface area contributed by atoms with Crippen molar-refractivity contribution in [1.82, 2.24) is 15.2 Å². The molecule has 4 aromatic rings. The van der Waals surface area contributed by atoms with Gasteiger partial charge < -0.3 is 15.2 Å². The maximum atomic E-state index is 13.5. The Kier molecular flexibility index (Phi) is 4.98. The number of halogens is 1. The van der Waals surface area contributed by atoms with Crippen molar-refractivity contribution >= 4 is 44.1 Å². The predicted molar refractivity (Wildman–Crippen MR) is 121 cm³/mol. The Morgan fingerprint density at radius 1 is 1.23 bits per heavy atom. The molecule has 7 heteroatoms. The van der Waals surface area contributed by atoms with Crippen LogP contribution < -0.4 is 5.32 Å². The van der Waals surface area contributed by atoms with E-state index in [2.05, 4.69) is 10.3 Å². The highest BCUT2D eigenvalue weighted by Gasteiger charge is 2.32. The van der Waals surface area contributed by atoms with E-state index in [0.717, 1.165) is 34.0 Å². The van der Waals surface area contributed by atoms with Gasteiger partial charge in [0, 0.05) is 35.2 Å². The van der Waals surface area contributed by atoms with Crippen molar-refractivity contribution in [3.8, 4) is 0 Å². The van der Waals surface area contributed by atoms with Gasteiger partial charge in [-0.1, -0.05) is 18.2 Å². The van der Waals surface area contributed by atoms with E-state index in [1.165, 1.54) is 23.5 Å². The first-order chi connectivity index (χ1) is 15.0. The summed E-state index contributed by atoms with van der Waals surface area (Å²) in [6.45, 7) is 0.671. The van der Waals surface area contributed by atoms with Crippen LogP contribution in [-0.2, 0) is 6.42 Å². The molecular formula is C24H22FN3O2S. The topological polar surface area (TPSA) is 65.2 Å². The second-order valence-corrected chi connectivity index (χ2v) is 8.95. The van der Waals surface area contributed by atoms with Crippen LogP contribution in [0.2, 0.25) is 0 Å². The molecule has 0 saturated carbocycles. The molecule has 1 aliphatic rings. The standard InChI is InChI=1S/C24H22FN3O2S/c1-26-23(29)22-18(17-6-2-3-7-21(17)31-22)13-16-5-4-10-28(16)24(30)20-12-14-11-15(25)8-9-19(14)27-20/h2-3,6-9,11-12,16,27H,4-5,10,13H2,1H3,(H,26,29)/t16-/m0/s1. The molecule has 2 aromatic heterocycles. The number of amides is 2. The third kappa shape index (κ3) is 3.49. The summed E-state index contributed by atoms with van der Waals surface area (Å²) in [6.07, 6.45) is 2.44. The number of aromatic nitrogens is 1. The van der Waals surface area contributed by atoms with Crippen molar-refractivity contribution in [1.29, 1.82) is 0 Å². The van der Waals surface area contributed by atoms with E-state index in [9.17, 15) is 14.0 Å².